The summed E-state index contributed by atoms with van der Waals surface area (Å²) in [7, 11) is 0. The zero-order chi connectivity index (χ0) is 16.4. The number of rotatable bonds is 3. The molecule has 0 aromatic carbocycles. The van der Waals surface area contributed by atoms with E-state index in [9.17, 15) is 4.79 Å². The summed E-state index contributed by atoms with van der Waals surface area (Å²) >= 11 is 1.52. The van der Waals surface area contributed by atoms with E-state index < -0.39 is 0 Å². The summed E-state index contributed by atoms with van der Waals surface area (Å²) in [6, 6.07) is 5.64. The van der Waals surface area contributed by atoms with Gasteiger partial charge in [0.2, 0.25) is 0 Å². The normalized spacial score (nSPS) is 16.4. The van der Waals surface area contributed by atoms with E-state index in [2.05, 4.69) is 15.3 Å². The smallest absolute Gasteiger partial charge is 0.252 e. The van der Waals surface area contributed by atoms with Gasteiger partial charge in [-0.3, -0.25) is 9.78 Å². The first kappa shape index (κ1) is 15.0. The third kappa shape index (κ3) is 2.92. The fraction of sp³-hybridized carbons (Fsp3) is 0.222. The van der Waals surface area contributed by atoms with Gasteiger partial charge in [0.25, 0.3) is 5.91 Å². The highest BCUT2D eigenvalue weighted by atomic mass is 32.1. The van der Waals surface area contributed by atoms with Crippen molar-refractivity contribution in [3.63, 3.8) is 0 Å². The number of hydrogen-bond acceptors (Lipinski definition) is 5. The van der Waals surface area contributed by atoms with E-state index in [1.807, 2.05) is 35.2 Å². The third-order valence-electron chi connectivity index (χ3n) is 4.19. The van der Waals surface area contributed by atoms with E-state index in [-0.39, 0.29) is 11.9 Å². The lowest BCUT2D eigenvalue weighted by Gasteiger charge is -2.25. The molecule has 0 aliphatic heterocycles. The molecule has 0 saturated carbocycles. The molecule has 3 heterocycles. The summed E-state index contributed by atoms with van der Waals surface area (Å²) in [5, 5.41) is 6.88. The molecule has 0 radical (unpaired) electrons. The number of carbonyl (C=O) groups excluding carboxylic acids is 1. The minimum atomic E-state index is -0.0366. The number of aromatic nitrogens is 3. The van der Waals surface area contributed by atoms with Gasteiger partial charge in [-0.15, -0.1) is 0 Å². The summed E-state index contributed by atoms with van der Waals surface area (Å²) in [6.45, 7) is 0. The molecule has 5 nitrogen and oxygen atoms in total. The first-order valence-corrected chi connectivity index (χ1v) is 8.85. The molecule has 1 amide bonds. The molecule has 120 valence electrons. The van der Waals surface area contributed by atoms with Crippen molar-refractivity contribution in [3.05, 3.63) is 64.4 Å². The van der Waals surface area contributed by atoms with Crippen LogP contribution in [0, 0.1) is 0 Å². The Hall–Kier alpha value is -2.60. The van der Waals surface area contributed by atoms with E-state index in [1.165, 1.54) is 11.3 Å². The highest BCUT2D eigenvalue weighted by Crippen LogP contribution is 2.29. The van der Waals surface area contributed by atoms with Crippen molar-refractivity contribution in [2.24, 2.45) is 0 Å². The first-order valence-electron chi connectivity index (χ1n) is 7.90. The maximum absolute atomic E-state index is 12.3. The topological polar surface area (TPSA) is 67.8 Å². The van der Waals surface area contributed by atoms with Crippen LogP contribution in [0.3, 0.4) is 0 Å². The van der Waals surface area contributed by atoms with E-state index >= 15 is 0 Å². The maximum Gasteiger partial charge on any atom is 0.252 e. The van der Waals surface area contributed by atoms with E-state index in [0.717, 1.165) is 36.1 Å². The number of pyridine rings is 1. The van der Waals surface area contributed by atoms with E-state index in [4.69, 9.17) is 4.98 Å². The average molecular weight is 336 g/mol. The highest BCUT2D eigenvalue weighted by molar-refractivity contribution is 7.08. The van der Waals surface area contributed by atoms with Crippen LogP contribution in [-0.4, -0.2) is 20.9 Å². The van der Waals surface area contributed by atoms with Crippen LogP contribution in [0.1, 0.15) is 40.5 Å². The number of fused-ring (bicyclic) bond motifs is 1. The highest BCUT2D eigenvalue weighted by Gasteiger charge is 2.24. The van der Waals surface area contributed by atoms with Crippen molar-refractivity contribution >= 4 is 17.2 Å². The first-order chi connectivity index (χ1) is 11.8. The Labute approximate surface area is 143 Å². The van der Waals surface area contributed by atoms with Crippen LogP contribution in [0.4, 0.5) is 0 Å². The fourth-order valence-electron chi connectivity index (χ4n) is 2.97. The van der Waals surface area contributed by atoms with Crippen molar-refractivity contribution in [2.75, 3.05) is 0 Å². The van der Waals surface area contributed by atoms with Crippen LogP contribution in [0.2, 0.25) is 0 Å². The second kappa shape index (κ2) is 6.49. The molecular weight excluding hydrogens is 320 g/mol. The Morgan fingerprint density at radius 1 is 1.29 bits per heavy atom. The van der Waals surface area contributed by atoms with Crippen LogP contribution in [0.5, 0.6) is 0 Å². The van der Waals surface area contributed by atoms with Gasteiger partial charge in [-0.25, -0.2) is 9.97 Å². The number of thiophene rings is 1. The lowest BCUT2D eigenvalue weighted by Crippen LogP contribution is -2.31. The summed E-state index contributed by atoms with van der Waals surface area (Å²) in [5.74, 6) is 0.650. The number of nitrogens with zero attached hydrogens (tertiary/aromatic N) is 3. The number of aryl methyl sites for hydroxylation is 1. The Kier molecular flexibility index (Phi) is 4.04. The van der Waals surface area contributed by atoms with Gasteiger partial charge in [0.15, 0.2) is 5.82 Å². The second-order valence-electron chi connectivity index (χ2n) is 5.77. The zero-order valence-electron chi connectivity index (χ0n) is 13.0. The van der Waals surface area contributed by atoms with Gasteiger partial charge in [0.05, 0.1) is 11.6 Å². The SMILES string of the molecule is O=C(N[C@H]1CCCc2nc(-c3cccnc3)ncc21)c1ccsc1. The van der Waals surface area contributed by atoms with Crippen molar-refractivity contribution in [1.29, 1.82) is 0 Å². The molecule has 0 spiro atoms. The lowest BCUT2D eigenvalue weighted by molar-refractivity contribution is 0.0933. The summed E-state index contributed by atoms with van der Waals surface area (Å²) in [5.41, 5.74) is 3.66. The van der Waals surface area contributed by atoms with E-state index in [0.29, 0.717) is 11.4 Å². The summed E-state index contributed by atoms with van der Waals surface area (Å²) in [6.07, 6.45) is 8.18. The fourth-order valence-corrected chi connectivity index (χ4v) is 3.60. The standard InChI is InChI=1S/C18H16N4OS/c23-18(13-6-8-24-11-13)22-16-5-1-4-15-14(16)10-20-17(21-15)12-3-2-7-19-9-12/h2-3,6-11,16H,1,4-5H2,(H,22,23)/t16-/m0/s1. The third-order valence-corrected chi connectivity index (χ3v) is 4.87. The molecule has 6 heteroatoms. The predicted molar refractivity (Wildman–Crippen MR) is 92.7 cm³/mol. The molecule has 3 aromatic heterocycles. The minimum absolute atomic E-state index is 0.0240. The molecule has 1 aliphatic rings. The maximum atomic E-state index is 12.3. The Balaban J connectivity index is 1.60. The van der Waals surface area contributed by atoms with Crippen molar-refractivity contribution < 1.29 is 4.79 Å². The average Bonchev–Trinajstić information content (AvgIpc) is 3.17. The summed E-state index contributed by atoms with van der Waals surface area (Å²) < 4.78 is 0. The molecule has 4 rings (SSSR count). The Bertz CT molecular complexity index is 849. The molecule has 0 fully saturated rings. The molecular formula is C18H16N4OS. The van der Waals surface area contributed by atoms with E-state index in [1.54, 1.807) is 12.4 Å². The van der Waals surface area contributed by atoms with Gasteiger partial charge >= 0.3 is 0 Å². The molecule has 3 aromatic rings. The van der Waals surface area contributed by atoms with Crippen LogP contribution in [0.15, 0.2) is 47.5 Å². The molecule has 1 N–H and O–H groups in total. The van der Waals surface area contributed by atoms with Gasteiger partial charge in [-0.05, 0) is 42.8 Å². The Morgan fingerprint density at radius 2 is 2.25 bits per heavy atom. The largest absolute Gasteiger partial charge is 0.345 e. The van der Waals surface area contributed by atoms with Crippen LogP contribution < -0.4 is 5.32 Å². The number of carbonyl (C=O) groups is 1. The van der Waals surface area contributed by atoms with Gasteiger partial charge in [-0.1, -0.05) is 0 Å². The molecule has 0 bridgehead atoms. The van der Waals surface area contributed by atoms with Crippen molar-refractivity contribution in [3.8, 4) is 11.4 Å². The van der Waals surface area contributed by atoms with Crippen molar-refractivity contribution in [1.82, 2.24) is 20.3 Å². The summed E-state index contributed by atoms with van der Waals surface area (Å²) in [4.78, 5) is 25.6. The zero-order valence-corrected chi connectivity index (χ0v) is 13.8. The number of hydrogen-bond donors (Lipinski definition) is 1. The molecule has 0 saturated heterocycles. The molecule has 0 unspecified atom stereocenters. The number of amides is 1. The molecule has 1 aliphatic carbocycles. The van der Waals surface area contributed by atoms with Gasteiger partial charge < -0.3 is 5.32 Å². The molecule has 24 heavy (non-hydrogen) atoms. The minimum Gasteiger partial charge on any atom is -0.345 e. The van der Waals surface area contributed by atoms with Gasteiger partial charge in [0, 0.05) is 40.8 Å². The van der Waals surface area contributed by atoms with Gasteiger partial charge in [0.1, 0.15) is 0 Å². The Morgan fingerprint density at radius 3 is 3.04 bits per heavy atom. The van der Waals surface area contributed by atoms with Crippen LogP contribution in [-0.2, 0) is 6.42 Å². The van der Waals surface area contributed by atoms with Crippen LogP contribution >= 0.6 is 11.3 Å². The van der Waals surface area contributed by atoms with Gasteiger partial charge in [-0.2, -0.15) is 11.3 Å². The monoisotopic (exact) mass is 336 g/mol. The number of nitrogens with one attached hydrogen (secondary N) is 1. The van der Waals surface area contributed by atoms with Crippen LogP contribution in [0.25, 0.3) is 11.4 Å². The quantitative estimate of drug-likeness (QED) is 0.796. The second-order valence-corrected chi connectivity index (χ2v) is 6.55. The lowest BCUT2D eigenvalue weighted by atomic mass is 9.92. The van der Waals surface area contributed by atoms with Crippen molar-refractivity contribution in [2.45, 2.75) is 25.3 Å². The predicted octanol–water partition coefficient (Wildman–Crippen LogP) is 3.41. The molecule has 1 atom stereocenters.